The average molecular weight is 347 g/mol. The molecule has 1 unspecified atom stereocenters. The first kappa shape index (κ1) is 16.1. The second kappa shape index (κ2) is 6.48. The molecule has 6 nitrogen and oxygen atoms in total. The first-order valence-corrected chi connectivity index (χ1v) is 8.39. The minimum atomic E-state index is -0.448. The Balaban J connectivity index is 1.54. The lowest BCUT2D eigenvalue weighted by molar-refractivity contribution is -0.122. The summed E-state index contributed by atoms with van der Waals surface area (Å²) in [5.74, 6) is -0.800. The number of aromatic amines is 1. The van der Waals surface area contributed by atoms with E-state index in [1.807, 2.05) is 24.3 Å². The van der Waals surface area contributed by atoms with Gasteiger partial charge in [-0.15, -0.1) is 0 Å². The number of carbonyl (C=O) groups excluding carboxylic acids is 2. The molecule has 26 heavy (non-hydrogen) atoms. The smallest absolute Gasteiger partial charge is 0.251 e. The SMILES string of the molecule is O=C1NCC(C(=O)NCc2cc(=O)c3ccccc3[nH]2)c2ccccc21. The highest BCUT2D eigenvalue weighted by Crippen LogP contribution is 2.24. The molecule has 1 aromatic heterocycles. The van der Waals surface area contributed by atoms with Crippen molar-refractivity contribution in [2.75, 3.05) is 6.54 Å². The highest BCUT2D eigenvalue weighted by molar-refractivity contribution is 6.00. The fourth-order valence-corrected chi connectivity index (χ4v) is 3.29. The van der Waals surface area contributed by atoms with Gasteiger partial charge >= 0.3 is 0 Å². The van der Waals surface area contributed by atoms with Gasteiger partial charge in [0, 0.05) is 34.8 Å². The number of benzene rings is 2. The summed E-state index contributed by atoms with van der Waals surface area (Å²) in [6, 6.07) is 15.9. The van der Waals surface area contributed by atoms with Crippen molar-refractivity contribution in [2.45, 2.75) is 12.5 Å². The standard InChI is InChI=1S/C20H17N3O3/c24-18-9-12(23-17-8-4-3-7-15(17)18)10-21-20(26)16-11-22-19(25)14-6-2-1-5-13(14)16/h1-9,16H,10-11H2,(H,21,26)(H,22,25)(H,23,24). The van der Waals surface area contributed by atoms with Gasteiger partial charge in [-0.25, -0.2) is 0 Å². The number of rotatable bonds is 3. The van der Waals surface area contributed by atoms with Crippen LogP contribution in [0.1, 0.15) is 27.5 Å². The molecule has 2 aromatic carbocycles. The fourth-order valence-electron chi connectivity index (χ4n) is 3.29. The number of nitrogens with one attached hydrogen (secondary N) is 3. The number of carbonyl (C=O) groups is 2. The second-order valence-corrected chi connectivity index (χ2v) is 6.27. The number of H-pyrrole nitrogens is 1. The third-order valence-corrected chi connectivity index (χ3v) is 4.61. The molecule has 3 aromatic rings. The molecule has 1 atom stereocenters. The van der Waals surface area contributed by atoms with Crippen LogP contribution in [0.4, 0.5) is 0 Å². The quantitative estimate of drug-likeness (QED) is 0.673. The third-order valence-electron chi connectivity index (χ3n) is 4.61. The molecule has 2 amide bonds. The van der Waals surface area contributed by atoms with E-state index in [0.717, 1.165) is 11.1 Å². The fraction of sp³-hybridized carbons (Fsp3) is 0.150. The molecular weight excluding hydrogens is 330 g/mol. The summed E-state index contributed by atoms with van der Waals surface area (Å²) in [6.07, 6.45) is 0. The maximum atomic E-state index is 12.6. The summed E-state index contributed by atoms with van der Waals surface area (Å²) >= 11 is 0. The topological polar surface area (TPSA) is 91.1 Å². The van der Waals surface area contributed by atoms with Gasteiger partial charge in [0.05, 0.1) is 12.5 Å². The lowest BCUT2D eigenvalue weighted by Gasteiger charge is -2.24. The van der Waals surface area contributed by atoms with Crippen molar-refractivity contribution in [3.8, 4) is 0 Å². The van der Waals surface area contributed by atoms with Crippen LogP contribution >= 0.6 is 0 Å². The molecule has 130 valence electrons. The normalized spacial score (nSPS) is 16.0. The molecule has 3 N–H and O–H groups in total. The van der Waals surface area contributed by atoms with Gasteiger partial charge in [-0.2, -0.15) is 0 Å². The Kier molecular flexibility index (Phi) is 4.01. The van der Waals surface area contributed by atoms with Crippen LogP contribution in [0.5, 0.6) is 0 Å². The number of pyridine rings is 1. The molecular formula is C20H17N3O3. The van der Waals surface area contributed by atoms with Crippen LogP contribution in [-0.2, 0) is 11.3 Å². The molecule has 0 bridgehead atoms. The van der Waals surface area contributed by atoms with E-state index in [0.29, 0.717) is 16.6 Å². The average Bonchev–Trinajstić information content (AvgIpc) is 2.67. The van der Waals surface area contributed by atoms with E-state index in [2.05, 4.69) is 15.6 Å². The maximum absolute atomic E-state index is 12.6. The zero-order chi connectivity index (χ0) is 18.1. The molecule has 0 saturated carbocycles. The Morgan fingerprint density at radius 2 is 1.85 bits per heavy atom. The van der Waals surface area contributed by atoms with Gasteiger partial charge in [0.1, 0.15) is 0 Å². The van der Waals surface area contributed by atoms with Crippen LogP contribution in [0.3, 0.4) is 0 Å². The van der Waals surface area contributed by atoms with Gasteiger partial charge in [0.2, 0.25) is 5.91 Å². The van der Waals surface area contributed by atoms with Crippen molar-refractivity contribution in [1.82, 2.24) is 15.6 Å². The Bertz CT molecular complexity index is 1070. The van der Waals surface area contributed by atoms with Crippen LogP contribution in [0.15, 0.2) is 59.4 Å². The van der Waals surface area contributed by atoms with E-state index in [1.54, 1.807) is 24.3 Å². The maximum Gasteiger partial charge on any atom is 0.251 e. The molecule has 6 heteroatoms. The summed E-state index contributed by atoms with van der Waals surface area (Å²) < 4.78 is 0. The number of para-hydroxylation sites is 1. The molecule has 0 spiro atoms. The van der Waals surface area contributed by atoms with E-state index >= 15 is 0 Å². The van der Waals surface area contributed by atoms with Gasteiger partial charge in [-0.3, -0.25) is 14.4 Å². The van der Waals surface area contributed by atoms with Gasteiger partial charge in [0.25, 0.3) is 5.91 Å². The van der Waals surface area contributed by atoms with Crippen LogP contribution < -0.4 is 16.1 Å². The van der Waals surface area contributed by atoms with Crippen LogP contribution in [-0.4, -0.2) is 23.3 Å². The summed E-state index contributed by atoms with van der Waals surface area (Å²) in [7, 11) is 0. The Hall–Kier alpha value is -3.41. The number of fused-ring (bicyclic) bond motifs is 2. The van der Waals surface area contributed by atoms with E-state index in [1.165, 1.54) is 6.07 Å². The molecule has 0 aliphatic carbocycles. The van der Waals surface area contributed by atoms with Crippen molar-refractivity contribution < 1.29 is 9.59 Å². The molecule has 4 rings (SSSR count). The monoisotopic (exact) mass is 347 g/mol. The van der Waals surface area contributed by atoms with Crippen LogP contribution in [0.25, 0.3) is 10.9 Å². The third kappa shape index (κ3) is 2.86. The lowest BCUT2D eigenvalue weighted by atomic mass is 9.90. The van der Waals surface area contributed by atoms with E-state index in [4.69, 9.17) is 0 Å². The van der Waals surface area contributed by atoms with E-state index < -0.39 is 5.92 Å². The first-order valence-electron chi connectivity index (χ1n) is 8.39. The van der Waals surface area contributed by atoms with Crippen molar-refractivity contribution in [2.24, 2.45) is 0 Å². The second-order valence-electron chi connectivity index (χ2n) is 6.27. The van der Waals surface area contributed by atoms with Gasteiger partial charge in [-0.1, -0.05) is 30.3 Å². The van der Waals surface area contributed by atoms with Gasteiger partial charge in [-0.05, 0) is 23.8 Å². The lowest BCUT2D eigenvalue weighted by Crippen LogP contribution is -2.42. The predicted octanol–water partition coefficient (Wildman–Crippen LogP) is 1.67. The van der Waals surface area contributed by atoms with Gasteiger partial charge in [0.15, 0.2) is 5.43 Å². The zero-order valence-electron chi connectivity index (χ0n) is 13.9. The van der Waals surface area contributed by atoms with Crippen molar-refractivity contribution in [1.29, 1.82) is 0 Å². The number of amides is 2. The highest BCUT2D eigenvalue weighted by atomic mass is 16.2. The van der Waals surface area contributed by atoms with Gasteiger partial charge < -0.3 is 15.6 Å². The van der Waals surface area contributed by atoms with Crippen LogP contribution in [0, 0.1) is 0 Å². The number of hydrogen-bond acceptors (Lipinski definition) is 3. The number of hydrogen-bond donors (Lipinski definition) is 3. The first-order chi connectivity index (χ1) is 12.6. The summed E-state index contributed by atoms with van der Waals surface area (Å²) in [5.41, 5.74) is 2.53. The number of aromatic nitrogens is 1. The Labute approximate surface area is 149 Å². The Morgan fingerprint density at radius 3 is 2.73 bits per heavy atom. The van der Waals surface area contributed by atoms with Crippen LogP contribution in [0.2, 0.25) is 0 Å². The minimum Gasteiger partial charge on any atom is -0.357 e. The van der Waals surface area contributed by atoms with Crippen molar-refractivity contribution >= 4 is 22.7 Å². The van der Waals surface area contributed by atoms with Crippen molar-refractivity contribution in [3.63, 3.8) is 0 Å². The molecule has 0 fully saturated rings. The predicted molar refractivity (Wildman–Crippen MR) is 97.9 cm³/mol. The molecule has 1 aliphatic heterocycles. The molecule has 2 heterocycles. The minimum absolute atomic E-state index is 0.0844. The summed E-state index contributed by atoms with van der Waals surface area (Å²) in [5, 5.41) is 6.22. The molecule has 1 aliphatic rings. The zero-order valence-corrected chi connectivity index (χ0v) is 13.9. The summed E-state index contributed by atoms with van der Waals surface area (Å²) in [6.45, 7) is 0.474. The van der Waals surface area contributed by atoms with E-state index in [9.17, 15) is 14.4 Å². The summed E-state index contributed by atoms with van der Waals surface area (Å²) in [4.78, 5) is 39.9. The highest BCUT2D eigenvalue weighted by Gasteiger charge is 2.29. The molecule has 0 radical (unpaired) electrons. The Morgan fingerprint density at radius 1 is 1.08 bits per heavy atom. The molecule has 0 saturated heterocycles. The van der Waals surface area contributed by atoms with E-state index in [-0.39, 0.29) is 30.3 Å². The van der Waals surface area contributed by atoms with Crippen molar-refractivity contribution in [3.05, 3.63) is 81.6 Å². The largest absolute Gasteiger partial charge is 0.357 e.